The minimum Gasteiger partial charge on any atom is -0.497 e. The van der Waals surface area contributed by atoms with E-state index in [4.69, 9.17) is 18.6 Å². The van der Waals surface area contributed by atoms with Crippen molar-refractivity contribution in [3.63, 3.8) is 0 Å². The maximum Gasteiger partial charge on any atom is 0.297 e. The molecule has 35 heavy (non-hydrogen) atoms. The SMILES string of the molecule is CCOc1ccc(C2c3c(oc4cc(OC)ccc4c3=O)C(=O)N2c2nnc(CC)s2)cc1OC. The molecule has 4 aromatic rings. The average Bonchev–Trinajstić information content (AvgIpc) is 3.46. The van der Waals surface area contributed by atoms with Gasteiger partial charge in [0.15, 0.2) is 16.9 Å². The fraction of sp³-hybridized carbons (Fsp3) is 0.280. The number of hydrogen-bond donors (Lipinski definition) is 0. The van der Waals surface area contributed by atoms with E-state index in [1.165, 1.54) is 23.3 Å². The summed E-state index contributed by atoms with van der Waals surface area (Å²) in [6, 6.07) is 9.50. The van der Waals surface area contributed by atoms with Gasteiger partial charge in [-0.1, -0.05) is 24.3 Å². The third-order valence-corrected chi connectivity index (χ3v) is 6.91. The van der Waals surface area contributed by atoms with Gasteiger partial charge in [-0.15, -0.1) is 10.2 Å². The molecule has 2 aromatic heterocycles. The Bertz CT molecular complexity index is 1490. The van der Waals surface area contributed by atoms with Crippen LogP contribution in [-0.4, -0.2) is 36.9 Å². The smallest absolute Gasteiger partial charge is 0.297 e. The number of hydrogen-bond acceptors (Lipinski definition) is 9. The number of nitrogens with zero attached hydrogens (tertiary/aromatic N) is 3. The largest absolute Gasteiger partial charge is 0.497 e. The van der Waals surface area contributed by atoms with Gasteiger partial charge in [0.1, 0.15) is 16.3 Å². The van der Waals surface area contributed by atoms with Gasteiger partial charge in [0.2, 0.25) is 10.9 Å². The van der Waals surface area contributed by atoms with Crippen LogP contribution >= 0.6 is 11.3 Å². The number of aromatic nitrogens is 2. The lowest BCUT2D eigenvalue weighted by molar-refractivity contribution is 0.0970. The topological polar surface area (TPSA) is 104 Å². The molecule has 1 aliphatic rings. The van der Waals surface area contributed by atoms with Gasteiger partial charge in [0, 0.05) is 6.07 Å². The zero-order chi connectivity index (χ0) is 24.7. The maximum absolute atomic E-state index is 13.7. The van der Waals surface area contributed by atoms with Crippen molar-refractivity contribution in [3.8, 4) is 17.2 Å². The van der Waals surface area contributed by atoms with E-state index >= 15 is 0 Å². The van der Waals surface area contributed by atoms with Crippen LogP contribution in [0.4, 0.5) is 5.13 Å². The molecule has 3 heterocycles. The summed E-state index contributed by atoms with van der Waals surface area (Å²) in [6.07, 6.45) is 0.676. The van der Waals surface area contributed by atoms with Crippen molar-refractivity contribution in [2.45, 2.75) is 26.3 Å². The van der Waals surface area contributed by atoms with Gasteiger partial charge >= 0.3 is 0 Å². The summed E-state index contributed by atoms with van der Waals surface area (Å²) in [5, 5.41) is 9.95. The van der Waals surface area contributed by atoms with Crippen LogP contribution in [0.2, 0.25) is 0 Å². The first kappa shape index (κ1) is 22.9. The molecule has 1 amide bonds. The molecule has 1 unspecified atom stereocenters. The van der Waals surface area contributed by atoms with E-state index < -0.39 is 11.9 Å². The molecule has 2 aromatic carbocycles. The van der Waals surface area contributed by atoms with Crippen molar-refractivity contribution in [2.24, 2.45) is 0 Å². The first-order chi connectivity index (χ1) is 17.0. The summed E-state index contributed by atoms with van der Waals surface area (Å²) in [5.41, 5.74) is 0.883. The number of carbonyl (C=O) groups is 1. The molecule has 0 saturated heterocycles. The highest BCUT2D eigenvalue weighted by Gasteiger charge is 2.45. The summed E-state index contributed by atoms with van der Waals surface area (Å²) in [6.45, 7) is 4.31. The van der Waals surface area contributed by atoms with E-state index in [0.29, 0.717) is 46.4 Å². The van der Waals surface area contributed by atoms with E-state index in [1.807, 2.05) is 19.9 Å². The maximum atomic E-state index is 13.7. The molecule has 0 fully saturated rings. The summed E-state index contributed by atoms with van der Waals surface area (Å²) < 4.78 is 22.5. The van der Waals surface area contributed by atoms with Crippen molar-refractivity contribution in [1.82, 2.24) is 10.2 Å². The van der Waals surface area contributed by atoms with E-state index in [9.17, 15) is 9.59 Å². The van der Waals surface area contributed by atoms with Gasteiger partial charge < -0.3 is 18.6 Å². The van der Waals surface area contributed by atoms with Crippen molar-refractivity contribution in [1.29, 1.82) is 0 Å². The molecule has 0 radical (unpaired) electrons. The lowest BCUT2D eigenvalue weighted by Crippen LogP contribution is -2.29. The molecule has 9 nitrogen and oxygen atoms in total. The molecule has 180 valence electrons. The summed E-state index contributed by atoms with van der Waals surface area (Å²) in [4.78, 5) is 28.9. The molecular weight excluding hydrogens is 470 g/mol. The van der Waals surface area contributed by atoms with Crippen LogP contribution in [0.5, 0.6) is 17.2 Å². The van der Waals surface area contributed by atoms with Crippen LogP contribution in [0.3, 0.4) is 0 Å². The second-order valence-electron chi connectivity index (χ2n) is 7.79. The highest BCUT2D eigenvalue weighted by atomic mass is 32.1. The monoisotopic (exact) mass is 493 g/mol. The van der Waals surface area contributed by atoms with E-state index in [2.05, 4.69) is 10.2 Å². The number of aryl methyl sites for hydroxylation is 1. The lowest BCUT2D eigenvalue weighted by Gasteiger charge is -2.23. The molecule has 0 saturated carbocycles. The average molecular weight is 494 g/mol. The normalized spacial score (nSPS) is 14.9. The van der Waals surface area contributed by atoms with Gasteiger partial charge in [-0.2, -0.15) is 0 Å². The summed E-state index contributed by atoms with van der Waals surface area (Å²) >= 11 is 1.30. The number of benzene rings is 2. The Hall–Kier alpha value is -3.92. The molecule has 0 N–H and O–H groups in total. The second-order valence-corrected chi connectivity index (χ2v) is 8.83. The molecule has 0 spiro atoms. The molecule has 10 heteroatoms. The van der Waals surface area contributed by atoms with Crippen LogP contribution in [0.15, 0.2) is 45.6 Å². The van der Waals surface area contributed by atoms with Crippen molar-refractivity contribution in [3.05, 3.63) is 68.5 Å². The highest BCUT2D eigenvalue weighted by Crippen LogP contribution is 2.44. The molecule has 0 aliphatic carbocycles. The zero-order valence-corrected chi connectivity index (χ0v) is 20.5. The Morgan fingerprint density at radius 2 is 1.86 bits per heavy atom. The minimum atomic E-state index is -0.775. The zero-order valence-electron chi connectivity index (χ0n) is 19.7. The van der Waals surface area contributed by atoms with Crippen LogP contribution < -0.4 is 24.5 Å². The van der Waals surface area contributed by atoms with Gasteiger partial charge in [-0.05, 0) is 43.2 Å². The van der Waals surface area contributed by atoms with Gasteiger partial charge in [-0.25, -0.2) is 0 Å². The number of fused-ring (bicyclic) bond motifs is 2. The fourth-order valence-electron chi connectivity index (χ4n) is 4.20. The summed E-state index contributed by atoms with van der Waals surface area (Å²) in [5.74, 6) is 1.09. The van der Waals surface area contributed by atoms with E-state index in [0.717, 1.165) is 5.01 Å². The van der Waals surface area contributed by atoms with Gasteiger partial charge in [-0.3, -0.25) is 14.5 Å². The van der Waals surface area contributed by atoms with Crippen LogP contribution in [0.25, 0.3) is 11.0 Å². The quantitative estimate of drug-likeness (QED) is 0.374. The van der Waals surface area contributed by atoms with Crippen molar-refractivity contribution < 1.29 is 23.4 Å². The standard InChI is InChI=1S/C25H23N3O6S/c1-5-19-26-27-25(35-19)28-21(13-7-10-16(33-6-2)18(11-13)32-4)20-22(29)15-9-8-14(31-3)12-17(15)34-23(20)24(28)30/h7-12,21H,5-6H2,1-4H3. The number of carbonyl (C=O) groups excluding carboxylic acids is 1. The molecule has 5 rings (SSSR count). The second kappa shape index (κ2) is 9.03. The minimum absolute atomic E-state index is 0.0261. The first-order valence-electron chi connectivity index (χ1n) is 11.1. The third kappa shape index (κ3) is 3.70. The predicted octanol–water partition coefficient (Wildman–Crippen LogP) is 4.37. The number of anilines is 1. The number of methoxy groups -OCH3 is 2. The number of amides is 1. The van der Waals surface area contributed by atoms with E-state index in [-0.39, 0.29) is 22.3 Å². The Kier molecular flexibility index (Phi) is 5.89. The van der Waals surface area contributed by atoms with Gasteiger partial charge in [0.25, 0.3) is 5.91 Å². The Morgan fingerprint density at radius 1 is 1.03 bits per heavy atom. The van der Waals surface area contributed by atoms with E-state index in [1.54, 1.807) is 37.4 Å². The predicted molar refractivity (Wildman–Crippen MR) is 131 cm³/mol. The number of ether oxygens (including phenoxy) is 3. The highest BCUT2D eigenvalue weighted by molar-refractivity contribution is 7.15. The van der Waals surface area contributed by atoms with Crippen molar-refractivity contribution >= 4 is 33.3 Å². The molecule has 0 bridgehead atoms. The van der Waals surface area contributed by atoms with Gasteiger partial charge in [0.05, 0.1) is 37.8 Å². The third-order valence-electron chi connectivity index (χ3n) is 5.85. The van der Waals surface area contributed by atoms with Crippen LogP contribution in [0.1, 0.15) is 46.6 Å². The Balaban J connectivity index is 1.76. The molecule has 1 atom stereocenters. The Labute approximate surface area is 204 Å². The number of rotatable bonds is 7. The van der Waals surface area contributed by atoms with Crippen molar-refractivity contribution in [2.75, 3.05) is 25.7 Å². The lowest BCUT2D eigenvalue weighted by atomic mass is 9.98. The molecular formula is C25H23N3O6S. The molecule has 1 aliphatic heterocycles. The summed E-state index contributed by atoms with van der Waals surface area (Å²) in [7, 11) is 3.07. The first-order valence-corrected chi connectivity index (χ1v) is 11.9. The van der Waals surface area contributed by atoms with Crippen LogP contribution in [0, 0.1) is 0 Å². The fourth-order valence-corrected chi connectivity index (χ4v) is 5.01. The Morgan fingerprint density at radius 3 is 2.54 bits per heavy atom. The van der Waals surface area contributed by atoms with Crippen LogP contribution in [-0.2, 0) is 6.42 Å².